The molecule has 20 heavy (non-hydrogen) atoms. The van der Waals surface area contributed by atoms with Crippen LogP contribution in [0.25, 0.3) is 0 Å². The van der Waals surface area contributed by atoms with Gasteiger partial charge in [-0.3, -0.25) is 4.79 Å². The van der Waals surface area contributed by atoms with E-state index in [1.54, 1.807) is 0 Å². The summed E-state index contributed by atoms with van der Waals surface area (Å²) in [5.41, 5.74) is 5.92. The lowest BCUT2D eigenvalue weighted by atomic mass is 9.86. The van der Waals surface area contributed by atoms with Gasteiger partial charge < -0.3 is 15.5 Å². The molecule has 1 atom stereocenters. The zero-order valence-corrected chi connectivity index (χ0v) is 14.1. The molecule has 0 aliphatic carbocycles. The molecule has 0 spiro atoms. The molecule has 1 aliphatic rings. The van der Waals surface area contributed by atoms with E-state index < -0.39 is 6.04 Å². The van der Waals surface area contributed by atoms with Crippen molar-refractivity contribution in [3.63, 3.8) is 0 Å². The molecule has 1 unspecified atom stereocenters. The van der Waals surface area contributed by atoms with Gasteiger partial charge in [0, 0.05) is 25.7 Å². The molecule has 1 heterocycles. The zero-order chi connectivity index (χ0) is 15.5. The third-order valence-corrected chi connectivity index (χ3v) is 4.55. The molecule has 0 aromatic carbocycles. The highest BCUT2D eigenvalue weighted by atomic mass is 16.2. The highest BCUT2D eigenvalue weighted by Crippen LogP contribution is 2.23. The van der Waals surface area contributed by atoms with Gasteiger partial charge in [-0.05, 0) is 45.1 Å². The summed E-state index contributed by atoms with van der Waals surface area (Å²) in [4.78, 5) is 16.7. The van der Waals surface area contributed by atoms with Gasteiger partial charge in [-0.25, -0.2) is 0 Å². The topological polar surface area (TPSA) is 49.6 Å². The summed E-state index contributed by atoms with van der Waals surface area (Å²) in [5, 5.41) is 0. The van der Waals surface area contributed by atoms with Gasteiger partial charge in [0.05, 0.1) is 6.04 Å². The van der Waals surface area contributed by atoms with Gasteiger partial charge in [0.25, 0.3) is 0 Å². The molecule has 0 radical (unpaired) electrons. The van der Waals surface area contributed by atoms with E-state index in [9.17, 15) is 4.79 Å². The summed E-state index contributed by atoms with van der Waals surface area (Å²) in [6.07, 6.45) is 2.19. The van der Waals surface area contributed by atoms with Crippen molar-refractivity contribution < 1.29 is 4.79 Å². The van der Waals surface area contributed by atoms with Crippen molar-refractivity contribution in [2.75, 3.05) is 26.7 Å². The Morgan fingerprint density at radius 1 is 1.30 bits per heavy atom. The average Bonchev–Trinajstić information content (AvgIpc) is 2.36. The Balaban J connectivity index is 2.44. The van der Waals surface area contributed by atoms with Gasteiger partial charge in [-0.15, -0.1) is 0 Å². The molecule has 0 aromatic heterocycles. The van der Waals surface area contributed by atoms with Crippen LogP contribution in [0.15, 0.2) is 0 Å². The predicted molar refractivity (Wildman–Crippen MR) is 84.5 cm³/mol. The van der Waals surface area contributed by atoms with Gasteiger partial charge in [-0.2, -0.15) is 0 Å². The Morgan fingerprint density at radius 2 is 1.80 bits per heavy atom. The second kappa shape index (κ2) is 6.90. The van der Waals surface area contributed by atoms with E-state index in [4.69, 9.17) is 5.73 Å². The van der Waals surface area contributed by atoms with Gasteiger partial charge >= 0.3 is 0 Å². The Labute approximate surface area is 124 Å². The Hall–Kier alpha value is -0.610. The lowest BCUT2D eigenvalue weighted by molar-refractivity contribution is -0.136. The Morgan fingerprint density at radius 3 is 2.20 bits per heavy atom. The minimum atomic E-state index is -0.391. The van der Waals surface area contributed by atoms with E-state index >= 15 is 0 Å². The van der Waals surface area contributed by atoms with Crippen LogP contribution in [-0.2, 0) is 4.79 Å². The van der Waals surface area contributed by atoms with Crippen molar-refractivity contribution in [2.24, 2.45) is 17.1 Å². The van der Waals surface area contributed by atoms with E-state index in [0.717, 1.165) is 32.5 Å². The monoisotopic (exact) mass is 283 g/mol. The average molecular weight is 283 g/mol. The molecule has 1 rings (SSSR count). The summed E-state index contributed by atoms with van der Waals surface area (Å²) in [6.45, 7) is 13.4. The molecule has 1 fully saturated rings. The second-order valence-electron chi connectivity index (χ2n) is 7.65. The molecule has 0 saturated carbocycles. The lowest BCUT2D eigenvalue weighted by Crippen LogP contribution is -2.52. The van der Waals surface area contributed by atoms with Crippen molar-refractivity contribution in [1.82, 2.24) is 9.80 Å². The summed E-state index contributed by atoms with van der Waals surface area (Å²) in [6, 6.07) is 0.196. The van der Waals surface area contributed by atoms with Crippen molar-refractivity contribution >= 4 is 5.91 Å². The first-order chi connectivity index (χ1) is 9.12. The number of nitrogens with zero attached hydrogens (tertiary/aromatic N) is 2. The number of rotatable bonds is 4. The second-order valence-corrected chi connectivity index (χ2v) is 7.65. The first-order valence-corrected chi connectivity index (χ1v) is 7.87. The van der Waals surface area contributed by atoms with Gasteiger partial charge in [0.15, 0.2) is 0 Å². The zero-order valence-electron chi connectivity index (χ0n) is 14.1. The van der Waals surface area contributed by atoms with Crippen molar-refractivity contribution in [1.29, 1.82) is 0 Å². The molecule has 0 bridgehead atoms. The van der Waals surface area contributed by atoms with Crippen LogP contribution in [0.1, 0.15) is 47.5 Å². The van der Waals surface area contributed by atoms with Crippen LogP contribution in [0.2, 0.25) is 0 Å². The largest absolute Gasteiger partial charge is 0.341 e. The van der Waals surface area contributed by atoms with Crippen LogP contribution in [0.5, 0.6) is 0 Å². The van der Waals surface area contributed by atoms with E-state index in [2.05, 4.69) is 25.8 Å². The maximum Gasteiger partial charge on any atom is 0.240 e. The summed E-state index contributed by atoms with van der Waals surface area (Å²) in [7, 11) is 2.18. The molecular weight excluding hydrogens is 250 g/mol. The Bertz CT molecular complexity index is 314. The van der Waals surface area contributed by atoms with Crippen molar-refractivity contribution in [3.05, 3.63) is 0 Å². The lowest BCUT2D eigenvalue weighted by Gasteiger charge is -2.38. The predicted octanol–water partition coefficient (Wildman–Crippen LogP) is 1.94. The molecule has 1 aliphatic heterocycles. The minimum absolute atomic E-state index is 0.119. The maximum absolute atomic E-state index is 12.4. The molecule has 0 aromatic rings. The van der Waals surface area contributed by atoms with Crippen LogP contribution >= 0.6 is 0 Å². The third kappa shape index (κ3) is 4.74. The Kier molecular flexibility index (Phi) is 6.02. The normalized spacial score (nSPS) is 19.8. The van der Waals surface area contributed by atoms with E-state index in [1.165, 1.54) is 0 Å². The molecule has 4 nitrogen and oxygen atoms in total. The number of likely N-dealkylation sites (tertiary alicyclic amines) is 1. The fourth-order valence-corrected chi connectivity index (χ4v) is 2.52. The summed E-state index contributed by atoms with van der Waals surface area (Å²) >= 11 is 0. The number of hydrogen-bond donors (Lipinski definition) is 1. The smallest absolute Gasteiger partial charge is 0.240 e. The van der Waals surface area contributed by atoms with Crippen molar-refractivity contribution in [3.8, 4) is 0 Å². The van der Waals surface area contributed by atoms with Crippen LogP contribution in [-0.4, -0.2) is 54.5 Å². The maximum atomic E-state index is 12.4. The molecule has 4 heteroatoms. The summed E-state index contributed by atoms with van der Waals surface area (Å²) in [5.74, 6) is 0.825. The quantitative estimate of drug-likeness (QED) is 0.858. The standard InChI is InChI=1S/C16H33N3O/c1-12(2)18(6)11-13-7-9-19(10-8-13)15(20)14(17)16(3,4)5/h12-14H,7-11,17H2,1-6H3. The van der Waals surface area contributed by atoms with Gasteiger partial charge in [-0.1, -0.05) is 20.8 Å². The number of piperidine rings is 1. The van der Waals surface area contributed by atoms with Gasteiger partial charge in [0.1, 0.15) is 0 Å². The fraction of sp³-hybridized carbons (Fsp3) is 0.938. The fourth-order valence-electron chi connectivity index (χ4n) is 2.52. The van der Waals surface area contributed by atoms with Crippen LogP contribution in [0, 0.1) is 11.3 Å². The van der Waals surface area contributed by atoms with E-state index in [0.29, 0.717) is 12.0 Å². The number of carbonyl (C=O) groups excluding carboxylic acids is 1. The number of amides is 1. The van der Waals surface area contributed by atoms with E-state index in [-0.39, 0.29) is 11.3 Å². The number of hydrogen-bond acceptors (Lipinski definition) is 3. The van der Waals surface area contributed by atoms with Crippen LogP contribution in [0.4, 0.5) is 0 Å². The van der Waals surface area contributed by atoms with Crippen LogP contribution in [0.3, 0.4) is 0 Å². The first kappa shape index (κ1) is 17.4. The first-order valence-electron chi connectivity index (χ1n) is 7.87. The van der Waals surface area contributed by atoms with E-state index in [1.807, 2.05) is 25.7 Å². The highest BCUT2D eigenvalue weighted by molar-refractivity contribution is 5.82. The van der Waals surface area contributed by atoms with Crippen molar-refractivity contribution in [2.45, 2.75) is 59.5 Å². The number of nitrogens with two attached hydrogens (primary N) is 1. The molecular formula is C16H33N3O. The highest BCUT2D eigenvalue weighted by Gasteiger charge is 2.33. The molecule has 1 saturated heterocycles. The van der Waals surface area contributed by atoms with Gasteiger partial charge in [0.2, 0.25) is 5.91 Å². The third-order valence-electron chi connectivity index (χ3n) is 4.55. The molecule has 118 valence electrons. The molecule has 2 N–H and O–H groups in total. The SMILES string of the molecule is CC(C)N(C)CC1CCN(C(=O)C(N)C(C)(C)C)CC1. The van der Waals surface area contributed by atoms with Crippen LogP contribution < -0.4 is 5.73 Å². The number of carbonyl (C=O) groups is 1. The molecule has 1 amide bonds. The summed E-state index contributed by atoms with van der Waals surface area (Å²) < 4.78 is 0. The minimum Gasteiger partial charge on any atom is -0.341 e.